The molecule has 7 nitrogen and oxygen atoms in total. The molecule has 0 aliphatic carbocycles. The number of para-hydroxylation sites is 1. The average molecular weight is 390 g/mol. The van der Waals surface area contributed by atoms with Gasteiger partial charge >= 0.3 is 0 Å². The lowest BCUT2D eigenvalue weighted by atomic mass is 10.0. The van der Waals surface area contributed by atoms with Gasteiger partial charge in [-0.25, -0.2) is 0 Å². The van der Waals surface area contributed by atoms with Gasteiger partial charge in [0.1, 0.15) is 18.3 Å². The molecule has 0 spiro atoms. The highest BCUT2D eigenvalue weighted by Gasteiger charge is 2.42. The van der Waals surface area contributed by atoms with Crippen LogP contribution < -0.4 is 0 Å². The average Bonchev–Trinajstić information content (AvgIpc) is 3.25. The normalized spacial score (nSPS) is 20.3. The minimum absolute atomic E-state index is 0.00707. The van der Waals surface area contributed by atoms with Crippen molar-refractivity contribution in [2.24, 2.45) is 0 Å². The summed E-state index contributed by atoms with van der Waals surface area (Å²) in [4.78, 5) is 35.8. The molecular formula is C22H22N4O3. The number of fused-ring (bicyclic) bond motifs is 2. The maximum atomic E-state index is 13.1. The summed E-state index contributed by atoms with van der Waals surface area (Å²) in [6.07, 6.45) is 3.39. The first-order valence-corrected chi connectivity index (χ1v) is 9.84. The third-order valence-corrected chi connectivity index (χ3v) is 5.74. The van der Waals surface area contributed by atoms with E-state index in [4.69, 9.17) is 4.42 Å². The molecule has 1 unspecified atom stereocenters. The number of rotatable bonds is 4. The van der Waals surface area contributed by atoms with Crippen LogP contribution >= 0.6 is 0 Å². The molecule has 3 aromatic rings. The molecule has 1 atom stereocenters. The van der Waals surface area contributed by atoms with Gasteiger partial charge in [-0.05, 0) is 23.8 Å². The maximum absolute atomic E-state index is 13.1. The number of aromatic nitrogens is 1. The molecule has 2 amide bonds. The van der Waals surface area contributed by atoms with Gasteiger partial charge in [-0.2, -0.15) is 0 Å². The van der Waals surface area contributed by atoms with Crippen molar-refractivity contribution in [2.45, 2.75) is 19.1 Å². The van der Waals surface area contributed by atoms with Gasteiger partial charge in [0.25, 0.3) is 0 Å². The number of benzene rings is 1. The molecule has 2 aliphatic rings. The zero-order valence-corrected chi connectivity index (χ0v) is 16.0. The lowest BCUT2D eigenvalue weighted by Crippen LogP contribution is -2.66. The van der Waals surface area contributed by atoms with E-state index in [1.54, 1.807) is 28.3 Å². The van der Waals surface area contributed by atoms with Crippen molar-refractivity contribution >= 4 is 22.7 Å². The van der Waals surface area contributed by atoms with Crippen LogP contribution in [-0.4, -0.2) is 63.7 Å². The Labute approximate surface area is 168 Å². The number of piperazine rings is 2. The second-order valence-corrected chi connectivity index (χ2v) is 7.60. The molecule has 2 aromatic heterocycles. The van der Waals surface area contributed by atoms with E-state index in [0.717, 1.165) is 23.0 Å². The van der Waals surface area contributed by atoms with Gasteiger partial charge in [0.15, 0.2) is 0 Å². The Balaban J connectivity index is 1.34. The lowest BCUT2D eigenvalue weighted by Gasteiger charge is -2.46. The first-order valence-electron chi connectivity index (χ1n) is 9.84. The molecule has 2 aliphatic heterocycles. The third-order valence-electron chi connectivity index (χ3n) is 5.74. The summed E-state index contributed by atoms with van der Waals surface area (Å²) in [6.45, 7) is 3.00. The molecule has 0 saturated carbocycles. The van der Waals surface area contributed by atoms with Crippen LogP contribution in [0.5, 0.6) is 0 Å². The molecule has 29 heavy (non-hydrogen) atoms. The van der Waals surface area contributed by atoms with E-state index in [-0.39, 0.29) is 18.4 Å². The summed E-state index contributed by atoms with van der Waals surface area (Å²) in [5.74, 6) is 0.684. The van der Waals surface area contributed by atoms with Gasteiger partial charge in [0.2, 0.25) is 11.8 Å². The fourth-order valence-electron chi connectivity index (χ4n) is 4.30. The molecule has 0 bridgehead atoms. The van der Waals surface area contributed by atoms with Crippen LogP contribution in [0.3, 0.4) is 0 Å². The number of pyridine rings is 1. The quantitative estimate of drug-likeness (QED) is 0.680. The maximum Gasteiger partial charge on any atom is 0.247 e. The van der Waals surface area contributed by atoms with Gasteiger partial charge in [-0.1, -0.05) is 24.3 Å². The molecule has 4 heterocycles. The Hall–Kier alpha value is -3.19. The monoisotopic (exact) mass is 390 g/mol. The SMILES string of the molecule is O=C1C2CN(Cc3cccc4cccnc34)CCN2C(=O)CN1Cc1ccco1. The number of carbonyl (C=O) groups is 2. The fraction of sp³-hybridized carbons (Fsp3) is 0.318. The second kappa shape index (κ2) is 7.33. The Kier molecular flexibility index (Phi) is 4.52. The number of nitrogens with zero attached hydrogens (tertiary/aromatic N) is 4. The van der Waals surface area contributed by atoms with E-state index in [2.05, 4.69) is 28.1 Å². The van der Waals surface area contributed by atoms with Crippen molar-refractivity contribution in [1.29, 1.82) is 0 Å². The highest BCUT2D eigenvalue weighted by Crippen LogP contribution is 2.23. The van der Waals surface area contributed by atoms with Crippen LogP contribution in [0.25, 0.3) is 10.9 Å². The van der Waals surface area contributed by atoms with Crippen LogP contribution in [0, 0.1) is 0 Å². The van der Waals surface area contributed by atoms with Gasteiger partial charge < -0.3 is 14.2 Å². The van der Waals surface area contributed by atoms with Crippen molar-refractivity contribution in [3.8, 4) is 0 Å². The van der Waals surface area contributed by atoms with Crippen LogP contribution in [0.15, 0.2) is 59.3 Å². The van der Waals surface area contributed by atoms with Crippen LogP contribution in [0.2, 0.25) is 0 Å². The van der Waals surface area contributed by atoms with E-state index in [1.165, 1.54) is 0 Å². The number of hydrogen-bond acceptors (Lipinski definition) is 5. The highest BCUT2D eigenvalue weighted by molar-refractivity contribution is 5.95. The van der Waals surface area contributed by atoms with Gasteiger partial charge in [0.05, 0.1) is 18.3 Å². The molecule has 1 aromatic carbocycles. The van der Waals surface area contributed by atoms with Gasteiger partial charge in [0, 0.05) is 37.8 Å². The number of carbonyl (C=O) groups excluding carboxylic acids is 2. The van der Waals surface area contributed by atoms with Gasteiger partial charge in [-0.15, -0.1) is 0 Å². The van der Waals surface area contributed by atoms with Crippen LogP contribution in [-0.2, 0) is 22.7 Å². The smallest absolute Gasteiger partial charge is 0.247 e. The Morgan fingerprint density at radius 3 is 2.79 bits per heavy atom. The Bertz CT molecular complexity index is 1040. The summed E-state index contributed by atoms with van der Waals surface area (Å²) in [5, 5.41) is 1.11. The lowest BCUT2D eigenvalue weighted by molar-refractivity contribution is -0.160. The molecule has 7 heteroatoms. The first kappa shape index (κ1) is 17.9. The summed E-state index contributed by atoms with van der Waals surface area (Å²) in [5.41, 5.74) is 2.13. The molecule has 5 rings (SSSR count). The van der Waals surface area contributed by atoms with E-state index in [0.29, 0.717) is 31.9 Å². The van der Waals surface area contributed by atoms with Crippen molar-refractivity contribution in [3.05, 3.63) is 66.2 Å². The summed E-state index contributed by atoms with van der Waals surface area (Å²) >= 11 is 0. The highest BCUT2D eigenvalue weighted by atomic mass is 16.3. The molecular weight excluding hydrogens is 368 g/mol. The standard InChI is InChI=1S/C22H22N4O3/c27-20-15-25(13-18-7-3-11-29-18)22(28)19-14-24(9-10-26(19)20)12-17-5-1-4-16-6-2-8-23-21(16)17/h1-8,11,19H,9-10,12-15H2. The zero-order chi connectivity index (χ0) is 19.8. The summed E-state index contributed by atoms with van der Waals surface area (Å²) in [7, 11) is 0. The van der Waals surface area contributed by atoms with E-state index < -0.39 is 6.04 Å². The molecule has 2 fully saturated rings. The topological polar surface area (TPSA) is 69.9 Å². The minimum atomic E-state index is -0.442. The van der Waals surface area contributed by atoms with Crippen molar-refractivity contribution in [1.82, 2.24) is 19.7 Å². The fourth-order valence-corrected chi connectivity index (χ4v) is 4.30. The number of hydrogen-bond donors (Lipinski definition) is 0. The van der Waals surface area contributed by atoms with Crippen molar-refractivity contribution in [3.63, 3.8) is 0 Å². The summed E-state index contributed by atoms with van der Waals surface area (Å²) < 4.78 is 5.36. The third kappa shape index (κ3) is 3.38. The second-order valence-electron chi connectivity index (χ2n) is 7.60. The first-order chi connectivity index (χ1) is 14.2. The molecule has 0 N–H and O–H groups in total. The molecule has 148 valence electrons. The van der Waals surface area contributed by atoms with E-state index in [1.807, 2.05) is 18.2 Å². The van der Waals surface area contributed by atoms with Crippen LogP contribution in [0.1, 0.15) is 11.3 Å². The molecule has 2 saturated heterocycles. The van der Waals surface area contributed by atoms with Gasteiger partial charge in [-0.3, -0.25) is 19.5 Å². The van der Waals surface area contributed by atoms with Crippen molar-refractivity contribution in [2.75, 3.05) is 26.2 Å². The van der Waals surface area contributed by atoms with Crippen LogP contribution in [0.4, 0.5) is 0 Å². The predicted molar refractivity (Wildman–Crippen MR) is 107 cm³/mol. The predicted octanol–water partition coefficient (Wildman–Crippen LogP) is 1.88. The minimum Gasteiger partial charge on any atom is -0.467 e. The Morgan fingerprint density at radius 2 is 1.93 bits per heavy atom. The van der Waals surface area contributed by atoms with Crippen molar-refractivity contribution < 1.29 is 14.0 Å². The number of furan rings is 1. The zero-order valence-electron chi connectivity index (χ0n) is 16.0. The van der Waals surface area contributed by atoms with E-state index >= 15 is 0 Å². The molecule has 0 radical (unpaired) electrons. The Morgan fingerprint density at radius 1 is 1.03 bits per heavy atom. The summed E-state index contributed by atoms with van der Waals surface area (Å²) in [6, 6.07) is 13.3. The largest absolute Gasteiger partial charge is 0.467 e. The number of amides is 2. The van der Waals surface area contributed by atoms with E-state index in [9.17, 15) is 9.59 Å².